The van der Waals surface area contributed by atoms with Gasteiger partial charge >= 0.3 is 0 Å². The van der Waals surface area contributed by atoms with Crippen molar-refractivity contribution >= 4 is 29.7 Å². The molecule has 11 nitrogen and oxygen atoms in total. The summed E-state index contributed by atoms with van der Waals surface area (Å²) in [4.78, 5) is 58.6. The summed E-state index contributed by atoms with van der Waals surface area (Å²) in [6.45, 7) is 40.6. The van der Waals surface area contributed by atoms with Crippen molar-refractivity contribution in [2.75, 3.05) is 6.67 Å². The lowest BCUT2D eigenvalue weighted by atomic mass is 9.97. The molecule has 0 radical (unpaired) electrons. The quantitative estimate of drug-likeness (QED) is 0.149. The second kappa shape index (κ2) is 37.9. The van der Waals surface area contributed by atoms with Crippen molar-refractivity contribution in [1.82, 2.24) is 29.9 Å². The fraction of sp³-hybridized carbons (Fsp3) is 0.462. The largest absolute Gasteiger partial charge is 0.295 e. The van der Waals surface area contributed by atoms with Gasteiger partial charge in [-0.15, -0.1) is 0 Å². The van der Waals surface area contributed by atoms with Crippen LogP contribution in [-0.2, 0) is 9.59 Å². The van der Waals surface area contributed by atoms with Crippen LogP contribution in [0.15, 0.2) is 148 Å². The van der Waals surface area contributed by atoms with Gasteiger partial charge in [0, 0.05) is 84.1 Å². The monoisotopic (exact) mass is 1030 g/mol. The lowest BCUT2D eigenvalue weighted by molar-refractivity contribution is -0.114. The van der Waals surface area contributed by atoms with Crippen LogP contribution in [0.5, 0.6) is 0 Å². The SMILES string of the molecule is CC(C)C1=CC(=O)CC=C1.CC(C)C1=CC(=O)CC=N1.CC(C)C1=NCN=C1.CC(C)c1ccccc1.CC(C)c1ccccn1.Cc1cc(C(C)C)ccn1.Cc1cc(C(C)C)ncn1.Cc1nccc(C(C)C)n1. The zero-order valence-electron chi connectivity index (χ0n) is 49.8. The number of aromatic nitrogens is 6. The van der Waals surface area contributed by atoms with Crippen molar-refractivity contribution in [1.29, 1.82) is 0 Å². The molecule has 0 atom stereocenters. The summed E-state index contributed by atoms with van der Waals surface area (Å²) in [5, 5.41) is 0. The molecule has 0 saturated carbocycles. The molecule has 0 N–H and O–H groups in total. The van der Waals surface area contributed by atoms with Crippen molar-refractivity contribution in [3.63, 3.8) is 0 Å². The molecule has 0 amide bonds. The first-order valence-electron chi connectivity index (χ1n) is 27.1. The highest BCUT2D eigenvalue weighted by Crippen LogP contribution is 2.17. The first-order chi connectivity index (χ1) is 35.9. The van der Waals surface area contributed by atoms with E-state index in [0.29, 0.717) is 66.9 Å². The number of ketones is 2. The minimum Gasteiger partial charge on any atom is -0.295 e. The first-order valence-corrected chi connectivity index (χ1v) is 27.1. The predicted molar refractivity (Wildman–Crippen MR) is 322 cm³/mol. The minimum absolute atomic E-state index is 0.165. The van der Waals surface area contributed by atoms with E-state index in [1.165, 1.54) is 11.1 Å². The number of hydrogen-bond acceptors (Lipinski definition) is 11. The lowest BCUT2D eigenvalue weighted by Gasteiger charge is -2.08. The lowest BCUT2D eigenvalue weighted by Crippen LogP contribution is -2.05. The van der Waals surface area contributed by atoms with E-state index >= 15 is 0 Å². The Morgan fingerprint density at radius 2 is 1.08 bits per heavy atom. The van der Waals surface area contributed by atoms with E-state index in [0.717, 1.165) is 51.3 Å². The minimum atomic E-state index is 0.165. The first kappa shape index (κ1) is 67.3. The van der Waals surface area contributed by atoms with E-state index in [2.05, 4.69) is 178 Å². The van der Waals surface area contributed by atoms with Gasteiger partial charge in [0.25, 0.3) is 0 Å². The predicted octanol–water partition coefficient (Wildman–Crippen LogP) is 16.1. The van der Waals surface area contributed by atoms with Gasteiger partial charge in [-0.05, 0) is 127 Å². The van der Waals surface area contributed by atoms with Crippen molar-refractivity contribution in [2.45, 2.75) is 174 Å². The van der Waals surface area contributed by atoms with E-state index in [-0.39, 0.29) is 11.6 Å². The van der Waals surface area contributed by atoms with Gasteiger partial charge in [-0.1, -0.05) is 159 Å². The van der Waals surface area contributed by atoms with Gasteiger partial charge in [-0.2, -0.15) is 0 Å². The number of benzene rings is 1. The number of rotatable bonds is 8. The molecule has 2 aliphatic heterocycles. The van der Waals surface area contributed by atoms with Crippen LogP contribution in [0.4, 0.5) is 0 Å². The smallest absolute Gasteiger partial charge is 0.162 e. The van der Waals surface area contributed by atoms with Gasteiger partial charge < -0.3 is 0 Å². The van der Waals surface area contributed by atoms with Crippen molar-refractivity contribution in [2.24, 2.45) is 32.7 Å². The molecule has 11 heteroatoms. The standard InChI is InChI=1S/C9H13N.C9H12O.C9H12.2C8H12N2.C8H11NO.C8H11N.C6H10N2/c1-7(2)9-4-5-10-8(3)6-9;1-7(2)8-4-3-5-9(10)6-8;1-8(2)9-6-4-3-5-7-9;1-6(2)8-4-7(3)9-5-10-8;1-6(2)8-4-5-9-7(3)10-8;1-6(2)8-5-7(10)3-4-9-8;1-7(2)8-5-3-4-6-9-8;1-5(2)6-3-7-4-8-6/h4-7H,1-3H3;3-4,6-7H,5H2,1-2H3;3-8H,1-2H3;2*4-6H,1-3H3;4-6H,3H2,1-2H3;3-7H,1-2H3;3,5H,4H2,1-2H3. The van der Waals surface area contributed by atoms with E-state index in [1.54, 1.807) is 30.9 Å². The number of carbonyl (C=O) groups excluding carboxylic acids is 2. The van der Waals surface area contributed by atoms with Crippen LogP contribution in [0.2, 0.25) is 0 Å². The Bertz CT molecular complexity index is 2400. The Hall–Kier alpha value is -6.75. The highest BCUT2D eigenvalue weighted by molar-refractivity contribution is 6.32. The Labute approximate surface area is 459 Å². The summed E-state index contributed by atoms with van der Waals surface area (Å²) >= 11 is 0. The van der Waals surface area contributed by atoms with Crippen LogP contribution in [-0.4, -0.2) is 66.3 Å². The van der Waals surface area contributed by atoms with Crippen LogP contribution in [0.1, 0.15) is 199 Å². The second-order valence-corrected chi connectivity index (χ2v) is 21.1. The van der Waals surface area contributed by atoms with Gasteiger partial charge in [-0.25, -0.2) is 19.9 Å². The molecule has 1 aromatic carbocycles. The maximum Gasteiger partial charge on any atom is 0.162 e. The van der Waals surface area contributed by atoms with Crippen LogP contribution in [0, 0.1) is 38.5 Å². The summed E-state index contributed by atoms with van der Waals surface area (Å²) in [6, 6.07) is 24.7. The summed E-state index contributed by atoms with van der Waals surface area (Å²) < 4.78 is 0. The molecular formula is C65H93N9O2. The van der Waals surface area contributed by atoms with Gasteiger partial charge in [0.1, 0.15) is 18.8 Å². The van der Waals surface area contributed by atoms with Crippen molar-refractivity contribution < 1.29 is 9.59 Å². The van der Waals surface area contributed by atoms with Crippen LogP contribution in [0.3, 0.4) is 0 Å². The molecule has 0 unspecified atom stereocenters. The zero-order chi connectivity index (χ0) is 57.2. The summed E-state index contributed by atoms with van der Waals surface area (Å²) in [6.07, 6.45) is 19.0. The van der Waals surface area contributed by atoms with Gasteiger partial charge in [0.2, 0.25) is 0 Å². The molecule has 1 aliphatic carbocycles. The highest BCUT2D eigenvalue weighted by atomic mass is 16.1. The fourth-order valence-corrected chi connectivity index (χ4v) is 6.48. The van der Waals surface area contributed by atoms with Crippen LogP contribution < -0.4 is 0 Å². The van der Waals surface area contributed by atoms with Gasteiger partial charge in [0.15, 0.2) is 11.6 Å². The molecule has 0 bridgehead atoms. The second-order valence-electron chi connectivity index (χ2n) is 21.1. The Kier molecular flexibility index (Phi) is 33.5. The third-order valence-electron chi connectivity index (χ3n) is 11.3. The Balaban J connectivity index is 0.000000435. The molecule has 6 heterocycles. The number of aliphatic imine (C=N–C) groups is 3. The molecule has 76 heavy (non-hydrogen) atoms. The highest BCUT2D eigenvalue weighted by Gasteiger charge is 2.09. The van der Waals surface area contributed by atoms with E-state index in [9.17, 15) is 9.59 Å². The van der Waals surface area contributed by atoms with E-state index < -0.39 is 0 Å². The van der Waals surface area contributed by atoms with Crippen molar-refractivity contribution in [3.05, 3.63) is 179 Å². The maximum atomic E-state index is 10.9. The average Bonchev–Trinajstić information content (AvgIpc) is 3.95. The molecule has 0 saturated heterocycles. The molecular weight excluding hydrogens is 939 g/mol. The van der Waals surface area contributed by atoms with Gasteiger partial charge in [-0.3, -0.25) is 34.5 Å². The summed E-state index contributed by atoms with van der Waals surface area (Å²) in [7, 11) is 0. The summed E-state index contributed by atoms with van der Waals surface area (Å²) in [5.74, 6) is 5.45. The van der Waals surface area contributed by atoms with Crippen LogP contribution in [0.25, 0.3) is 0 Å². The Morgan fingerprint density at radius 1 is 0.474 bits per heavy atom. The Morgan fingerprint density at radius 3 is 1.45 bits per heavy atom. The normalized spacial score (nSPS) is 13.1. The van der Waals surface area contributed by atoms with E-state index in [1.807, 2.05) is 102 Å². The number of hydrogen-bond donors (Lipinski definition) is 0. The fourth-order valence-electron chi connectivity index (χ4n) is 6.48. The number of allylic oxidation sites excluding steroid dienone is 6. The topological polar surface area (TPSA) is 149 Å². The van der Waals surface area contributed by atoms with Crippen LogP contribution >= 0.6 is 0 Å². The average molecular weight is 1030 g/mol. The molecule has 8 rings (SSSR count). The number of carbonyl (C=O) groups is 2. The summed E-state index contributed by atoms with van der Waals surface area (Å²) in [5.41, 5.74) is 11.5. The molecule has 0 fully saturated rings. The number of nitrogens with zero attached hydrogens (tertiary/aromatic N) is 9. The molecule has 3 aliphatic rings. The maximum absolute atomic E-state index is 10.9. The van der Waals surface area contributed by atoms with Crippen molar-refractivity contribution in [3.8, 4) is 0 Å². The molecule has 4 aromatic heterocycles. The van der Waals surface area contributed by atoms with E-state index in [4.69, 9.17) is 0 Å². The molecule has 410 valence electrons. The number of pyridine rings is 2. The molecule has 0 spiro atoms. The molecule has 5 aromatic rings. The number of aryl methyl sites for hydroxylation is 3. The zero-order valence-corrected chi connectivity index (χ0v) is 49.8. The third kappa shape index (κ3) is 30.6. The third-order valence-corrected chi connectivity index (χ3v) is 11.3. The van der Waals surface area contributed by atoms with Gasteiger partial charge in [0.05, 0.1) is 5.71 Å².